The van der Waals surface area contributed by atoms with Crippen LogP contribution in [0.2, 0.25) is 5.02 Å². The van der Waals surface area contributed by atoms with Gasteiger partial charge >= 0.3 is 0 Å². The summed E-state index contributed by atoms with van der Waals surface area (Å²) >= 11 is 7.97. The Balaban J connectivity index is 1.35. The summed E-state index contributed by atoms with van der Waals surface area (Å²) in [6, 6.07) is 5.64. The fourth-order valence-electron chi connectivity index (χ4n) is 4.80. The number of ether oxygens (including phenoxy) is 2. The van der Waals surface area contributed by atoms with Gasteiger partial charge in [-0.3, -0.25) is 4.90 Å². The second kappa shape index (κ2) is 11.8. The van der Waals surface area contributed by atoms with E-state index in [1.165, 1.54) is 10.4 Å². The molecule has 3 aromatic rings. The minimum Gasteiger partial charge on any atom is -0.495 e. The van der Waals surface area contributed by atoms with Crippen LogP contribution in [0.15, 0.2) is 18.2 Å². The molecule has 0 bridgehead atoms. The maximum atomic E-state index is 12.9. The number of nitrogens with zero attached hydrogens (tertiary/aromatic N) is 3. The molecular weight excluding hydrogens is 534 g/mol. The number of benzene rings is 1. The Bertz CT molecular complexity index is 1360. The van der Waals surface area contributed by atoms with Crippen molar-refractivity contribution >= 4 is 49.0 Å². The van der Waals surface area contributed by atoms with Gasteiger partial charge in [0.1, 0.15) is 28.0 Å². The van der Waals surface area contributed by atoms with E-state index in [-0.39, 0.29) is 5.75 Å². The van der Waals surface area contributed by atoms with E-state index < -0.39 is 10.0 Å². The Morgan fingerprint density at radius 3 is 2.78 bits per heavy atom. The van der Waals surface area contributed by atoms with Crippen LogP contribution in [-0.4, -0.2) is 69.8 Å². The number of morpholine rings is 1. The number of thiophene rings is 1. The number of halogens is 1. The number of rotatable bonds is 10. The van der Waals surface area contributed by atoms with E-state index >= 15 is 0 Å². The molecule has 1 aliphatic carbocycles. The van der Waals surface area contributed by atoms with Crippen LogP contribution in [0.5, 0.6) is 5.75 Å². The molecule has 5 rings (SSSR count). The Kier molecular flexibility index (Phi) is 8.47. The first kappa shape index (κ1) is 26.6. The number of methoxy groups -OCH3 is 1. The van der Waals surface area contributed by atoms with E-state index in [4.69, 9.17) is 31.0 Å². The Morgan fingerprint density at radius 2 is 2.00 bits per heavy atom. The Labute approximate surface area is 226 Å². The van der Waals surface area contributed by atoms with Crippen LogP contribution >= 0.6 is 22.9 Å². The average molecular weight is 566 g/mol. The lowest BCUT2D eigenvalue weighted by molar-refractivity contribution is 0.0390. The summed E-state index contributed by atoms with van der Waals surface area (Å²) < 4.78 is 39.1. The van der Waals surface area contributed by atoms with Gasteiger partial charge in [-0.15, -0.1) is 11.3 Å². The van der Waals surface area contributed by atoms with Crippen molar-refractivity contribution in [3.63, 3.8) is 0 Å². The fourth-order valence-corrected chi connectivity index (χ4v) is 7.34. The molecule has 2 aromatic heterocycles. The van der Waals surface area contributed by atoms with Gasteiger partial charge in [0.15, 0.2) is 0 Å². The van der Waals surface area contributed by atoms with E-state index in [9.17, 15) is 8.42 Å². The second-order valence-corrected chi connectivity index (χ2v) is 12.6. The predicted octanol–water partition coefficient (Wildman–Crippen LogP) is 3.60. The van der Waals surface area contributed by atoms with Gasteiger partial charge in [-0.05, 0) is 48.9 Å². The molecule has 37 heavy (non-hydrogen) atoms. The topological polar surface area (TPSA) is 106 Å². The number of aryl methyl sites for hydroxylation is 2. The van der Waals surface area contributed by atoms with Gasteiger partial charge in [-0.25, -0.2) is 23.1 Å². The van der Waals surface area contributed by atoms with E-state index in [1.807, 2.05) is 18.2 Å². The fraction of sp³-hybridized carbons (Fsp3) is 0.520. The number of anilines is 1. The number of fused-ring (bicyclic) bond motifs is 3. The molecule has 1 aliphatic heterocycles. The first-order valence-corrected chi connectivity index (χ1v) is 15.4. The molecule has 2 aliphatic rings. The molecule has 1 aromatic carbocycles. The molecule has 0 atom stereocenters. The van der Waals surface area contributed by atoms with Gasteiger partial charge in [0.2, 0.25) is 10.0 Å². The number of nitrogens with one attached hydrogen (secondary N) is 2. The average Bonchev–Trinajstić information content (AvgIpc) is 3.26. The van der Waals surface area contributed by atoms with Gasteiger partial charge in [0.05, 0.1) is 30.7 Å². The first-order valence-electron chi connectivity index (χ1n) is 12.6. The number of aromatic nitrogens is 2. The number of sulfonamides is 1. The summed E-state index contributed by atoms with van der Waals surface area (Å²) in [5.41, 5.74) is 2.26. The summed E-state index contributed by atoms with van der Waals surface area (Å²) in [6.07, 6.45) is 4.31. The molecule has 1 saturated heterocycles. The molecular formula is C25H32ClN5O4S2. The minimum absolute atomic E-state index is 0.266. The third-order valence-corrected chi connectivity index (χ3v) is 9.47. The first-order chi connectivity index (χ1) is 17.9. The maximum Gasteiger partial charge on any atom is 0.219 e. The van der Waals surface area contributed by atoms with Crippen molar-refractivity contribution in [3.8, 4) is 5.75 Å². The second-order valence-electron chi connectivity index (χ2n) is 9.31. The largest absolute Gasteiger partial charge is 0.495 e. The third-order valence-electron chi connectivity index (χ3n) is 6.71. The summed E-state index contributed by atoms with van der Waals surface area (Å²) in [6.45, 7) is 4.49. The van der Waals surface area contributed by atoms with Crippen LogP contribution < -0.4 is 14.8 Å². The van der Waals surface area contributed by atoms with E-state index in [0.717, 1.165) is 54.6 Å². The van der Waals surface area contributed by atoms with Gasteiger partial charge < -0.3 is 14.8 Å². The van der Waals surface area contributed by atoms with Gasteiger partial charge in [0, 0.05) is 37.6 Å². The van der Waals surface area contributed by atoms with Crippen molar-refractivity contribution < 1.29 is 17.9 Å². The summed E-state index contributed by atoms with van der Waals surface area (Å²) in [5, 5.41) is 4.99. The van der Waals surface area contributed by atoms with Crippen LogP contribution in [0, 0.1) is 0 Å². The monoisotopic (exact) mass is 565 g/mol. The summed E-state index contributed by atoms with van der Waals surface area (Å²) in [5.74, 6) is 1.32. The highest BCUT2D eigenvalue weighted by molar-refractivity contribution is 7.88. The zero-order chi connectivity index (χ0) is 25.8. The van der Waals surface area contributed by atoms with E-state index in [1.54, 1.807) is 18.4 Å². The number of hydrogen-bond acceptors (Lipinski definition) is 9. The number of hydrogen-bond donors (Lipinski definition) is 2. The predicted molar refractivity (Wildman–Crippen MR) is 147 cm³/mol. The van der Waals surface area contributed by atoms with Crippen molar-refractivity contribution in [3.05, 3.63) is 45.1 Å². The van der Waals surface area contributed by atoms with Gasteiger partial charge in [-0.2, -0.15) is 0 Å². The van der Waals surface area contributed by atoms with Crippen molar-refractivity contribution in [1.82, 2.24) is 19.6 Å². The van der Waals surface area contributed by atoms with Crippen LogP contribution in [-0.2, 0) is 39.9 Å². The summed E-state index contributed by atoms with van der Waals surface area (Å²) in [7, 11) is -2.00. The normalized spacial score (nSPS) is 16.6. The molecule has 0 saturated carbocycles. The standard InChI is InChI=1S/C25H32ClN5O4S2/c1-34-20-7-6-17(14-19(20)26)15-27-24-23-18-4-2-3-5-21(18)36-25(23)30-22(29-24)16-37(32,33)28-8-9-31-10-12-35-13-11-31/h6-7,14,28H,2-5,8-13,15-16H2,1H3,(H,27,29,30). The van der Waals surface area contributed by atoms with E-state index in [2.05, 4.69) is 14.9 Å². The maximum absolute atomic E-state index is 12.9. The zero-order valence-electron chi connectivity index (χ0n) is 20.9. The quantitative estimate of drug-likeness (QED) is 0.384. The van der Waals surface area contributed by atoms with Gasteiger partial charge in [0.25, 0.3) is 0 Å². The SMILES string of the molecule is COc1ccc(CNc2nc(CS(=O)(=O)NCCN3CCOCC3)nc3sc4c(c23)CCCC4)cc1Cl. The highest BCUT2D eigenvalue weighted by atomic mass is 35.5. The molecule has 200 valence electrons. The lowest BCUT2D eigenvalue weighted by Gasteiger charge is -2.26. The molecule has 1 fully saturated rings. The van der Waals surface area contributed by atoms with Crippen molar-refractivity contribution in [2.75, 3.05) is 51.8 Å². The van der Waals surface area contributed by atoms with Crippen molar-refractivity contribution in [1.29, 1.82) is 0 Å². The zero-order valence-corrected chi connectivity index (χ0v) is 23.3. The smallest absolute Gasteiger partial charge is 0.219 e. The van der Waals surface area contributed by atoms with Crippen LogP contribution in [0.25, 0.3) is 10.2 Å². The highest BCUT2D eigenvalue weighted by Crippen LogP contribution is 2.39. The molecule has 0 spiro atoms. The van der Waals surface area contributed by atoms with Crippen LogP contribution in [0.3, 0.4) is 0 Å². The highest BCUT2D eigenvalue weighted by Gasteiger charge is 2.23. The third kappa shape index (κ3) is 6.52. The molecule has 0 unspecified atom stereocenters. The molecule has 12 heteroatoms. The van der Waals surface area contributed by atoms with E-state index in [0.29, 0.717) is 55.3 Å². The Hall–Kier alpha value is -2.02. The van der Waals surface area contributed by atoms with Crippen molar-refractivity contribution in [2.45, 2.75) is 38.0 Å². The van der Waals surface area contributed by atoms with Crippen molar-refractivity contribution in [2.24, 2.45) is 0 Å². The molecule has 2 N–H and O–H groups in total. The molecule has 0 amide bonds. The Morgan fingerprint density at radius 1 is 1.19 bits per heavy atom. The molecule has 3 heterocycles. The van der Waals surface area contributed by atoms with Gasteiger partial charge in [-0.1, -0.05) is 17.7 Å². The van der Waals surface area contributed by atoms with Crippen LogP contribution in [0.1, 0.15) is 34.7 Å². The minimum atomic E-state index is -3.59. The lowest BCUT2D eigenvalue weighted by atomic mass is 9.97. The van der Waals surface area contributed by atoms with Crippen LogP contribution in [0.4, 0.5) is 5.82 Å². The lowest BCUT2D eigenvalue weighted by Crippen LogP contribution is -2.41. The molecule has 9 nitrogen and oxygen atoms in total. The summed E-state index contributed by atoms with van der Waals surface area (Å²) in [4.78, 5) is 13.8. The molecule has 0 radical (unpaired) electrons.